The van der Waals surface area contributed by atoms with Gasteiger partial charge in [0.05, 0.1) is 25.2 Å². The van der Waals surface area contributed by atoms with Crippen molar-refractivity contribution in [1.29, 1.82) is 0 Å². The number of ether oxygens (including phenoxy) is 2. The number of esters is 1. The summed E-state index contributed by atoms with van der Waals surface area (Å²) in [6.07, 6.45) is -1.21. The fraction of sp³-hybridized carbons (Fsp3) is 0.500. The summed E-state index contributed by atoms with van der Waals surface area (Å²) in [5.74, 6) is -0.198. The van der Waals surface area contributed by atoms with Gasteiger partial charge in [-0.1, -0.05) is 0 Å². The van der Waals surface area contributed by atoms with Crippen LogP contribution in [0.3, 0.4) is 0 Å². The Labute approximate surface area is 129 Å². The largest absolute Gasteiger partial charge is 0.497 e. The number of rotatable bonds is 5. The third-order valence-electron chi connectivity index (χ3n) is 3.96. The highest BCUT2D eigenvalue weighted by Gasteiger charge is 2.57. The van der Waals surface area contributed by atoms with Crippen LogP contribution in [0.2, 0.25) is 0 Å². The van der Waals surface area contributed by atoms with Crippen molar-refractivity contribution in [1.82, 2.24) is 0 Å². The van der Waals surface area contributed by atoms with E-state index in [2.05, 4.69) is 0 Å². The Bertz CT molecular complexity index is 566. The minimum absolute atomic E-state index is 0.252. The first-order valence-electron chi connectivity index (χ1n) is 7.17. The van der Waals surface area contributed by atoms with Crippen molar-refractivity contribution in [3.63, 3.8) is 0 Å². The number of β-lactam (4-membered cyclic amide) rings is 1. The van der Waals surface area contributed by atoms with Crippen LogP contribution in [0.5, 0.6) is 5.75 Å². The molecule has 1 aliphatic rings. The van der Waals surface area contributed by atoms with Gasteiger partial charge in [-0.05, 0) is 45.0 Å². The molecule has 0 radical (unpaired) electrons. The number of amides is 1. The number of carbonyl (C=O) groups excluding carboxylic acids is 2. The fourth-order valence-electron chi connectivity index (χ4n) is 2.66. The van der Waals surface area contributed by atoms with E-state index in [1.807, 2.05) is 0 Å². The van der Waals surface area contributed by atoms with Gasteiger partial charge in [-0.2, -0.15) is 0 Å². The molecule has 0 aliphatic carbocycles. The lowest BCUT2D eigenvalue weighted by atomic mass is 9.74. The van der Waals surface area contributed by atoms with Gasteiger partial charge in [0.25, 0.3) is 5.91 Å². The van der Waals surface area contributed by atoms with Crippen LogP contribution in [0.25, 0.3) is 0 Å². The molecule has 22 heavy (non-hydrogen) atoms. The molecule has 120 valence electrons. The van der Waals surface area contributed by atoms with Crippen molar-refractivity contribution in [2.75, 3.05) is 18.6 Å². The average Bonchev–Trinajstić information content (AvgIpc) is 2.51. The molecule has 2 atom stereocenters. The molecule has 1 saturated heterocycles. The molecule has 0 saturated carbocycles. The van der Waals surface area contributed by atoms with Crippen LogP contribution < -0.4 is 9.64 Å². The van der Waals surface area contributed by atoms with Gasteiger partial charge in [0.15, 0.2) is 6.10 Å². The third kappa shape index (κ3) is 2.54. The predicted molar refractivity (Wildman–Crippen MR) is 80.7 cm³/mol. The molecule has 0 spiro atoms. The van der Waals surface area contributed by atoms with Crippen molar-refractivity contribution in [3.8, 4) is 5.75 Å². The first-order valence-corrected chi connectivity index (χ1v) is 7.17. The maximum atomic E-state index is 12.1. The highest BCUT2D eigenvalue weighted by atomic mass is 16.5. The fourth-order valence-corrected chi connectivity index (χ4v) is 2.66. The van der Waals surface area contributed by atoms with E-state index in [-0.39, 0.29) is 6.61 Å². The van der Waals surface area contributed by atoms with Gasteiger partial charge in [0, 0.05) is 5.69 Å². The monoisotopic (exact) mass is 307 g/mol. The second-order valence-corrected chi connectivity index (χ2v) is 5.74. The van der Waals surface area contributed by atoms with E-state index in [1.165, 1.54) is 4.90 Å². The number of benzene rings is 1. The quantitative estimate of drug-likeness (QED) is 0.656. The number of hydrogen-bond acceptors (Lipinski definition) is 5. The maximum absolute atomic E-state index is 12.1. The Balaban J connectivity index is 2.29. The Morgan fingerprint density at radius 1 is 1.32 bits per heavy atom. The molecule has 1 aromatic rings. The summed E-state index contributed by atoms with van der Waals surface area (Å²) in [5, 5.41) is 10.0. The van der Waals surface area contributed by atoms with E-state index >= 15 is 0 Å². The summed E-state index contributed by atoms with van der Waals surface area (Å²) in [7, 11) is 1.56. The van der Waals surface area contributed by atoms with Gasteiger partial charge >= 0.3 is 5.97 Å². The van der Waals surface area contributed by atoms with Crippen molar-refractivity contribution in [3.05, 3.63) is 24.3 Å². The molecule has 6 heteroatoms. The Hall–Kier alpha value is -2.08. The molecule has 1 aliphatic heterocycles. The first-order chi connectivity index (χ1) is 10.3. The number of anilines is 1. The first kappa shape index (κ1) is 16.3. The zero-order valence-corrected chi connectivity index (χ0v) is 13.2. The van der Waals surface area contributed by atoms with E-state index in [0.29, 0.717) is 11.4 Å². The van der Waals surface area contributed by atoms with E-state index < -0.39 is 29.4 Å². The molecule has 1 amide bonds. The average molecular weight is 307 g/mol. The molecular formula is C16H21NO5. The number of methoxy groups -OCH3 is 1. The van der Waals surface area contributed by atoms with Gasteiger partial charge in [-0.3, -0.25) is 9.59 Å². The summed E-state index contributed by atoms with van der Waals surface area (Å²) >= 11 is 0. The topological polar surface area (TPSA) is 76.1 Å². The van der Waals surface area contributed by atoms with Crippen LogP contribution in [-0.2, 0) is 14.3 Å². The smallest absolute Gasteiger partial charge is 0.313 e. The van der Waals surface area contributed by atoms with Crippen LogP contribution >= 0.6 is 0 Å². The second-order valence-electron chi connectivity index (χ2n) is 5.74. The van der Waals surface area contributed by atoms with Crippen molar-refractivity contribution < 1.29 is 24.2 Å². The standard InChI is InChI=1S/C16H21NO5/c1-5-22-15(20)16(2,3)13-12(18)14(19)17(13)10-6-8-11(21-4)9-7-10/h6-9,12-13,18H,5H2,1-4H3. The maximum Gasteiger partial charge on any atom is 0.313 e. The summed E-state index contributed by atoms with van der Waals surface area (Å²) < 4.78 is 10.1. The van der Waals surface area contributed by atoms with E-state index in [4.69, 9.17) is 9.47 Å². The zero-order valence-electron chi connectivity index (χ0n) is 13.2. The van der Waals surface area contributed by atoms with Crippen LogP contribution in [-0.4, -0.2) is 42.8 Å². The molecule has 1 N–H and O–H groups in total. The Morgan fingerprint density at radius 2 is 1.91 bits per heavy atom. The Morgan fingerprint density at radius 3 is 2.41 bits per heavy atom. The number of carbonyl (C=O) groups is 2. The van der Waals surface area contributed by atoms with Gasteiger partial charge in [-0.25, -0.2) is 0 Å². The van der Waals surface area contributed by atoms with Crippen LogP contribution in [0.4, 0.5) is 5.69 Å². The highest BCUT2D eigenvalue weighted by molar-refractivity contribution is 6.06. The second kappa shape index (κ2) is 5.96. The Kier molecular flexibility index (Phi) is 4.42. The van der Waals surface area contributed by atoms with E-state index in [9.17, 15) is 14.7 Å². The predicted octanol–water partition coefficient (Wildman–Crippen LogP) is 1.36. The zero-order chi connectivity index (χ0) is 16.5. The minimum Gasteiger partial charge on any atom is -0.497 e. The van der Waals surface area contributed by atoms with Crippen LogP contribution in [0.1, 0.15) is 20.8 Å². The number of aliphatic hydroxyl groups is 1. The molecule has 1 aromatic carbocycles. The molecule has 2 unspecified atom stereocenters. The summed E-state index contributed by atoms with van der Waals surface area (Å²) in [6.45, 7) is 5.31. The van der Waals surface area contributed by atoms with Crippen molar-refractivity contribution >= 4 is 17.6 Å². The third-order valence-corrected chi connectivity index (χ3v) is 3.96. The molecule has 1 fully saturated rings. The van der Waals surface area contributed by atoms with Crippen molar-refractivity contribution in [2.45, 2.75) is 32.9 Å². The number of nitrogens with zero attached hydrogens (tertiary/aromatic N) is 1. The summed E-state index contributed by atoms with van der Waals surface area (Å²) in [5.41, 5.74) is -0.401. The molecular weight excluding hydrogens is 286 g/mol. The SMILES string of the molecule is CCOC(=O)C(C)(C)C1C(O)C(=O)N1c1ccc(OC)cc1. The molecule has 0 aromatic heterocycles. The van der Waals surface area contributed by atoms with E-state index in [1.54, 1.807) is 52.1 Å². The normalized spacial score (nSPS) is 21.3. The van der Waals surface area contributed by atoms with Crippen LogP contribution in [0.15, 0.2) is 24.3 Å². The number of hydrogen-bond donors (Lipinski definition) is 1. The lowest BCUT2D eigenvalue weighted by molar-refractivity contribution is -0.162. The molecule has 0 bridgehead atoms. The summed E-state index contributed by atoms with van der Waals surface area (Å²) in [6, 6.07) is 6.23. The lowest BCUT2D eigenvalue weighted by Crippen LogP contribution is -2.71. The lowest BCUT2D eigenvalue weighted by Gasteiger charge is -2.50. The number of aliphatic hydroxyl groups excluding tert-OH is 1. The summed E-state index contributed by atoms with van der Waals surface area (Å²) in [4.78, 5) is 25.6. The van der Waals surface area contributed by atoms with Gasteiger partial charge in [-0.15, -0.1) is 0 Å². The van der Waals surface area contributed by atoms with Gasteiger partial charge in [0.1, 0.15) is 5.75 Å². The van der Waals surface area contributed by atoms with Gasteiger partial charge < -0.3 is 19.5 Å². The highest BCUT2D eigenvalue weighted by Crippen LogP contribution is 2.40. The van der Waals surface area contributed by atoms with Crippen LogP contribution in [0, 0.1) is 5.41 Å². The molecule has 1 heterocycles. The van der Waals surface area contributed by atoms with Crippen molar-refractivity contribution in [2.24, 2.45) is 5.41 Å². The van der Waals surface area contributed by atoms with E-state index in [0.717, 1.165) is 0 Å². The molecule has 6 nitrogen and oxygen atoms in total. The minimum atomic E-state index is -1.21. The molecule has 2 rings (SSSR count). The van der Waals surface area contributed by atoms with Gasteiger partial charge in [0.2, 0.25) is 0 Å².